The van der Waals surface area contributed by atoms with Gasteiger partial charge in [-0.25, -0.2) is 4.79 Å². The third-order valence-electron chi connectivity index (χ3n) is 3.26. The van der Waals surface area contributed by atoms with Gasteiger partial charge in [0.05, 0.1) is 12.7 Å². The van der Waals surface area contributed by atoms with Crippen LogP contribution in [0.5, 0.6) is 5.75 Å². The normalized spacial score (nSPS) is 11.4. The van der Waals surface area contributed by atoms with Crippen LogP contribution < -0.4 is 10.1 Å². The van der Waals surface area contributed by atoms with E-state index in [0.29, 0.717) is 17.0 Å². The smallest absolute Gasteiger partial charge is 0.337 e. The number of aryl methyl sites for hydroxylation is 1. The van der Waals surface area contributed by atoms with Crippen molar-refractivity contribution < 1.29 is 19.1 Å². The number of esters is 1. The Morgan fingerprint density at radius 3 is 2.43 bits per heavy atom. The van der Waals surface area contributed by atoms with Crippen LogP contribution in [0.15, 0.2) is 48.5 Å². The first-order valence-electron chi connectivity index (χ1n) is 7.22. The average Bonchev–Trinajstić information content (AvgIpc) is 2.56. The zero-order valence-corrected chi connectivity index (χ0v) is 13.3. The summed E-state index contributed by atoms with van der Waals surface area (Å²) in [5, 5.41) is 2.78. The van der Waals surface area contributed by atoms with Crippen LogP contribution in [0, 0.1) is 6.92 Å². The summed E-state index contributed by atoms with van der Waals surface area (Å²) in [5.74, 6) is -0.288. The molecule has 2 aromatic rings. The molecule has 0 saturated heterocycles. The fourth-order valence-corrected chi connectivity index (χ4v) is 1.95. The van der Waals surface area contributed by atoms with Crippen molar-refractivity contribution in [2.24, 2.45) is 0 Å². The van der Waals surface area contributed by atoms with Crippen molar-refractivity contribution in [2.45, 2.75) is 20.0 Å². The number of carbonyl (C=O) groups is 2. The molecular formula is C18H19NO4. The highest BCUT2D eigenvalue weighted by Gasteiger charge is 2.16. The van der Waals surface area contributed by atoms with Crippen molar-refractivity contribution in [1.29, 1.82) is 0 Å². The van der Waals surface area contributed by atoms with Crippen molar-refractivity contribution >= 4 is 17.6 Å². The molecule has 0 aliphatic rings. The Bertz CT molecular complexity index is 694. The highest BCUT2D eigenvalue weighted by atomic mass is 16.5. The molecule has 0 unspecified atom stereocenters. The SMILES string of the molecule is COC(=O)c1cccc(O[C@H](C)C(=O)Nc2ccc(C)cc2)c1. The van der Waals surface area contributed by atoms with Crippen molar-refractivity contribution in [3.05, 3.63) is 59.7 Å². The van der Waals surface area contributed by atoms with Gasteiger partial charge in [0, 0.05) is 5.69 Å². The Morgan fingerprint density at radius 2 is 1.78 bits per heavy atom. The predicted molar refractivity (Wildman–Crippen MR) is 87.7 cm³/mol. The molecule has 1 atom stereocenters. The number of ether oxygens (including phenoxy) is 2. The molecule has 0 aliphatic carbocycles. The van der Waals surface area contributed by atoms with Crippen molar-refractivity contribution in [2.75, 3.05) is 12.4 Å². The molecule has 5 heteroatoms. The second kappa shape index (κ2) is 7.45. The number of carbonyl (C=O) groups excluding carboxylic acids is 2. The van der Waals surface area contributed by atoms with Gasteiger partial charge in [0.2, 0.25) is 0 Å². The third kappa shape index (κ3) is 4.57. The van der Waals surface area contributed by atoms with Gasteiger partial charge < -0.3 is 14.8 Å². The van der Waals surface area contributed by atoms with E-state index < -0.39 is 12.1 Å². The number of methoxy groups -OCH3 is 1. The molecule has 0 radical (unpaired) electrons. The van der Waals surface area contributed by atoms with Gasteiger partial charge in [-0.05, 0) is 44.2 Å². The van der Waals surface area contributed by atoms with E-state index in [-0.39, 0.29) is 5.91 Å². The third-order valence-corrected chi connectivity index (χ3v) is 3.26. The number of amides is 1. The van der Waals surface area contributed by atoms with Crippen molar-refractivity contribution in [3.63, 3.8) is 0 Å². The lowest BCUT2D eigenvalue weighted by atomic mass is 10.2. The molecule has 0 heterocycles. The zero-order valence-electron chi connectivity index (χ0n) is 13.3. The largest absolute Gasteiger partial charge is 0.481 e. The zero-order chi connectivity index (χ0) is 16.8. The van der Waals surface area contributed by atoms with Gasteiger partial charge in [0.15, 0.2) is 6.10 Å². The Balaban J connectivity index is 2.00. The number of rotatable bonds is 5. The summed E-state index contributed by atoms with van der Waals surface area (Å²) in [6.07, 6.45) is -0.704. The van der Waals surface area contributed by atoms with Gasteiger partial charge >= 0.3 is 5.97 Å². The standard InChI is InChI=1S/C18H19NO4/c1-12-7-9-15(10-8-12)19-17(20)13(2)23-16-6-4-5-14(11-16)18(21)22-3/h4-11,13H,1-3H3,(H,19,20)/t13-/m1/s1. The van der Waals surface area contributed by atoms with E-state index in [1.165, 1.54) is 7.11 Å². The monoisotopic (exact) mass is 313 g/mol. The van der Waals surface area contributed by atoms with Crippen molar-refractivity contribution in [1.82, 2.24) is 0 Å². The van der Waals surface area contributed by atoms with E-state index in [1.807, 2.05) is 31.2 Å². The van der Waals surface area contributed by atoms with Gasteiger partial charge in [0.25, 0.3) is 5.91 Å². The minimum atomic E-state index is -0.704. The van der Waals surface area contributed by atoms with Crippen LogP contribution in [0.2, 0.25) is 0 Å². The summed E-state index contributed by atoms with van der Waals surface area (Å²) in [6.45, 7) is 3.62. The minimum absolute atomic E-state index is 0.266. The number of benzene rings is 2. The van der Waals surface area contributed by atoms with Crippen LogP contribution in [-0.4, -0.2) is 25.1 Å². The Hall–Kier alpha value is -2.82. The maximum absolute atomic E-state index is 12.1. The molecule has 0 aromatic heterocycles. The molecule has 0 bridgehead atoms. The fraction of sp³-hybridized carbons (Fsp3) is 0.222. The molecule has 5 nitrogen and oxygen atoms in total. The van der Waals surface area contributed by atoms with E-state index in [1.54, 1.807) is 31.2 Å². The highest BCUT2D eigenvalue weighted by molar-refractivity contribution is 5.94. The first kappa shape index (κ1) is 16.5. The maximum Gasteiger partial charge on any atom is 0.337 e. The number of hydrogen-bond donors (Lipinski definition) is 1. The maximum atomic E-state index is 12.1. The quantitative estimate of drug-likeness (QED) is 0.861. The first-order chi connectivity index (χ1) is 11.0. The number of nitrogens with one attached hydrogen (secondary N) is 1. The van der Waals surface area contributed by atoms with Crippen LogP contribution in [0.3, 0.4) is 0 Å². The molecule has 2 rings (SSSR count). The molecule has 2 aromatic carbocycles. The summed E-state index contributed by atoms with van der Waals surface area (Å²) in [5.41, 5.74) is 2.20. The van der Waals surface area contributed by atoms with Crippen LogP contribution in [0.4, 0.5) is 5.69 Å². The minimum Gasteiger partial charge on any atom is -0.481 e. The number of anilines is 1. The second-order valence-corrected chi connectivity index (χ2v) is 5.13. The molecule has 23 heavy (non-hydrogen) atoms. The molecule has 1 amide bonds. The van der Waals surface area contributed by atoms with Crippen LogP contribution >= 0.6 is 0 Å². The van der Waals surface area contributed by atoms with Gasteiger partial charge in [-0.3, -0.25) is 4.79 Å². The number of hydrogen-bond acceptors (Lipinski definition) is 4. The molecule has 0 fully saturated rings. The lowest BCUT2D eigenvalue weighted by molar-refractivity contribution is -0.122. The second-order valence-electron chi connectivity index (χ2n) is 5.13. The lowest BCUT2D eigenvalue weighted by Gasteiger charge is -2.15. The molecule has 0 aliphatic heterocycles. The topological polar surface area (TPSA) is 64.6 Å². The summed E-state index contributed by atoms with van der Waals surface area (Å²) in [4.78, 5) is 23.6. The fourth-order valence-electron chi connectivity index (χ4n) is 1.95. The van der Waals surface area contributed by atoms with E-state index in [2.05, 4.69) is 10.1 Å². The Morgan fingerprint density at radius 1 is 1.09 bits per heavy atom. The van der Waals surface area contributed by atoms with Gasteiger partial charge in [-0.2, -0.15) is 0 Å². The molecule has 0 spiro atoms. The van der Waals surface area contributed by atoms with E-state index in [9.17, 15) is 9.59 Å². The Labute approximate surface area is 135 Å². The summed E-state index contributed by atoms with van der Waals surface area (Å²) >= 11 is 0. The molecular weight excluding hydrogens is 294 g/mol. The van der Waals surface area contributed by atoms with E-state index in [0.717, 1.165) is 5.56 Å². The van der Waals surface area contributed by atoms with Gasteiger partial charge in [-0.15, -0.1) is 0 Å². The molecule has 120 valence electrons. The van der Waals surface area contributed by atoms with Crippen LogP contribution in [0.1, 0.15) is 22.8 Å². The van der Waals surface area contributed by atoms with Crippen LogP contribution in [0.25, 0.3) is 0 Å². The van der Waals surface area contributed by atoms with E-state index in [4.69, 9.17) is 4.74 Å². The lowest BCUT2D eigenvalue weighted by Crippen LogP contribution is -2.30. The predicted octanol–water partition coefficient (Wildman–Crippen LogP) is 3.19. The summed E-state index contributed by atoms with van der Waals surface area (Å²) < 4.78 is 10.2. The average molecular weight is 313 g/mol. The van der Waals surface area contributed by atoms with Crippen molar-refractivity contribution in [3.8, 4) is 5.75 Å². The first-order valence-corrected chi connectivity index (χ1v) is 7.22. The highest BCUT2D eigenvalue weighted by Crippen LogP contribution is 2.16. The van der Waals surface area contributed by atoms with E-state index >= 15 is 0 Å². The summed E-state index contributed by atoms with van der Waals surface area (Å²) in [7, 11) is 1.31. The summed E-state index contributed by atoms with van der Waals surface area (Å²) in [6, 6.07) is 14.0. The molecule has 0 saturated carbocycles. The Kier molecular flexibility index (Phi) is 5.36. The van der Waals surface area contributed by atoms with Crippen LogP contribution in [-0.2, 0) is 9.53 Å². The van der Waals surface area contributed by atoms with Gasteiger partial charge in [0.1, 0.15) is 5.75 Å². The van der Waals surface area contributed by atoms with Gasteiger partial charge in [-0.1, -0.05) is 23.8 Å². The molecule has 1 N–H and O–H groups in total.